The molecule has 8 heteroatoms. The minimum absolute atomic E-state index is 1.03. The third-order valence-electron chi connectivity index (χ3n) is 1.33. The average molecular weight is 214 g/mol. The first kappa shape index (κ1) is 12.7. The molecule has 5 nitrogen and oxygen atoms in total. The number of nitrogens with one attached hydrogen (secondary N) is 1. The minimum Gasteiger partial charge on any atom is -0.391 e. The molecule has 2 unspecified atom stereocenters. The smallest absolute Gasteiger partial charge is 0.391 e. The molecule has 0 fully saturated rings. The lowest BCUT2D eigenvalue weighted by Gasteiger charge is -2.18. The van der Waals surface area contributed by atoms with E-state index in [1.807, 2.05) is 0 Å². The largest absolute Gasteiger partial charge is 0.471 e. The summed E-state index contributed by atoms with van der Waals surface area (Å²) in [5.74, 6) is -3.56. The van der Waals surface area contributed by atoms with Crippen LogP contribution in [-0.2, 0) is 9.59 Å². The van der Waals surface area contributed by atoms with Crippen molar-refractivity contribution in [1.29, 1.82) is 0 Å². The second-order valence-corrected chi connectivity index (χ2v) is 2.59. The van der Waals surface area contributed by atoms with Gasteiger partial charge in [-0.2, -0.15) is 13.2 Å². The molecule has 0 heterocycles. The Bertz CT molecular complexity index is 239. The number of nitrogens with two attached hydrogens (primary N) is 1. The molecule has 0 aliphatic rings. The second kappa shape index (κ2) is 4.27. The van der Waals surface area contributed by atoms with Gasteiger partial charge >= 0.3 is 12.1 Å². The fourth-order valence-corrected chi connectivity index (χ4v) is 0.653. The van der Waals surface area contributed by atoms with Crippen LogP contribution in [0.2, 0.25) is 0 Å². The zero-order chi connectivity index (χ0) is 11.5. The number of alkyl halides is 3. The minimum atomic E-state index is -5.11. The van der Waals surface area contributed by atoms with Crippen LogP contribution in [0.1, 0.15) is 6.92 Å². The molecule has 4 N–H and O–H groups in total. The summed E-state index contributed by atoms with van der Waals surface area (Å²) in [7, 11) is 0. The van der Waals surface area contributed by atoms with Crippen LogP contribution in [0.5, 0.6) is 0 Å². The fourth-order valence-electron chi connectivity index (χ4n) is 0.653. The van der Waals surface area contributed by atoms with Gasteiger partial charge in [0.05, 0.1) is 6.10 Å². The van der Waals surface area contributed by atoms with Crippen molar-refractivity contribution in [2.45, 2.75) is 25.2 Å². The molecule has 0 spiro atoms. The Morgan fingerprint density at radius 3 is 2.07 bits per heavy atom. The molecule has 0 saturated carbocycles. The predicted molar refractivity (Wildman–Crippen MR) is 38.9 cm³/mol. The van der Waals surface area contributed by atoms with Gasteiger partial charge in [0.1, 0.15) is 6.04 Å². The van der Waals surface area contributed by atoms with Crippen molar-refractivity contribution in [2.75, 3.05) is 0 Å². The van der Waals surface area contributed by atoms with E-state index < -0.39 is 30.1 Å². The van der Waals surface area contributed by atoms with Gasteiger partial charge in [-0.05, 0) is 6.92 Å². The van der Waals surface area contributed by atoms with Gasteiger partial charge in [0.25, 0.3) is 0 Å². The van der Waals surface area contributed by atoms with E-state index in [0.29, 0.717) is 0 Å². The summed E-state index contributed by atoms with van der Waals surface area (Å²) < 4.78 is 35.1. The number of aliphatic hydroxyl groups is 1. The predicted octanol–water partition coefficient (Wildman–Crippen LogP) is -1.10. The van der Waals surface area contributed by atoms with E-state index in [-0.39, 0.29) is 0 Å². The summed E-state index contributed by atoms with van der Waals surface area (Å²) in [6.45, 7) is 1.03. The molecule has 82 valence electrons. The van der Waals surface area contributed by atoms with Gasteiger partial charge in [0.2, 0.25) is 5.91 Å². The van der Waals surface area contributed by atoms with Gasteiger partial charge < -0.3 is 16.2 Å². The summed E-state index contributed by atoms with van der Waals surface area (Å²) in [6, 6.07) is -1.75. The summed E-state index contributed by atoms with van der Waals surface area (Å²) >= 11 is 0. The lowest BCUT2D eigenvalue weighted by molar-refractivity contribution is -0.175. The van der Waals surface area contributed by atoms with Crippen LogP contribution in [0.25, 0.3) is 0 Å². The van der Waals surface area contributed by atoms with Gasteiger partial charge in [-0.15, -0.1) is 0 Å². The molecule has 0 aromatic carbocycles. The molecule has 0 aliphatic carbocycles. The number of hydrogen-bond acceptors (Lipinski definition) is 3. The van der Waals surface area contributed by atoms with Crippen molar-refractivity contribution >= 4 is 11.8 Å². The highest BCUT2D eigenvalue weighted by molar-refractivity contribution is 5.89. The summed E-state index contributed by atoms with van der Waals surface area (Å²) in [6.07, 6.45) is -6.60. The topological polar surface area (TPSA) is 92.4 Å². The number of rotatable bonds is 3. The van der Waals surface area contributed by atoms with Crippen molar-refractivity contribution in [3.05, 3.63) is 0 Å². The third-order valence-corrected chi connectivity index (χ3v) is 1.33. The maximum absolute atomic E-state index is 11.7. The van der Waals surface area contributed by atoms with Gasteiger partial charge in [-0.3, -0.25) is 9.59 Å². The first-order valence-electron chi connectivity index (χ1n) is 3.51. The van der Waals surface area contributed by atoms with E-state index in [1.54, 1.807) is 0 Å². The van der Waals surface area contributed by atoms with Crippen LogP contribution in [0.3, 0.4) is 0 Å². The van der Waals surface area contributed by atoms with Crippen molar-refractivity contribution in [2.24, 2.45) is 5.73 Å². The Hall–Kier alpha value is -1.31. The monoisotopic (exact) mass is 214 g/mol. The van der Waals surface area contributed by atoms with E-state index in [2.05, 4.69) is 5.73 Å². The van der Waals surface area contributed by atoms with Crippen LogP contribution in [-0.4, -0.2) is 35.2 Å². The number of hydrogen-bond donors (Lipinski definition) is 3. The highest BCUT2D eigenvalue weighted by atomic mass is 19.4. The Labute approximate surface area is 77.1 Å². The molecule has 0 rings (SSSR count). The van der Waals surface area contributed by atoms with E-state index in [9.17, 15) is 22.8 Å². The molecule has 0 aromatic rings. The fraction of sp³-hybridized carbons (Fsp3) is 0.667. The molecule has 0 bridgehead atoms. The molecule has 0 radical (unpaired) electrons. The molecule has 0 aliphatic heterocycles. The van der Waals surface area contributed by atoms with Crippen molar-refractivity contribution < 1.29 is 27.9 Å². The maximum atomic E-state index is 11.7. The van der Waals surface area contributed by atoms with Crippen LogP contribution in [0, 0.1) is 0 Å². The number of primary amides is 1. The number of halogens is 3. The number of aliphatic hydroxyl groups excluding tert-OH is 1. The molecule has 2 amide bonds. The first-order chi connectivity index (χ1) is 6.16. The van der Waals surface area contributed by atoms with Crippen molar-refractivity contribution in [3.8, 4) is 0 Å². The Balaban J connectivity index is 4.48. The molecule has 0 aromatic heterocycles. The van der Waals surface area contributed by atoms with Gasteiger partial charge in [-0.25, -0.2) is 0 Å². The van der Waals surface area contributed by atoms with E-state index >= 15 is 0 Å². The second-order valence-electron chi connectivity index (χ2n) is 2.59. The Morgan fingerprint density at radius 2 is 1.86 bits per heavy atom. The van der Waals surface area contributed by atoms with Crippen molar-refractivity contribution in [3.63, 3.8) is 0 Å². The third kappa shape index (κ3) is 3.60. The first-order valence-corrected chi connectivity index (χ1v) is 3.51. The lowest BCUT2D eigenvalue weighted by atomic mass is 10.1. The number of carbonyl (C=O) groups is 2. The van der Waals surface area contributed by atoms with Crippen LogP contribution in [0.4, 0.5) is 13.2 Å². The number of amides is 2. The zero-order valence-electron chi connectivity index (χ0n) is 7.13. The van der Waals surface area contributed by atoms with Gasteiger partial charge in [0, 0.05) is 0 Å². The van der Waals surface area contributed by atoms with Crippen LogP contribution >= 0.6 is 0 Å². The molecule has 0 saturated heterocycles. The highest BCUT2D eigenvalue weighted by Gasteiger charge is 2.41. The quantitative estimate of drug-likeness (QED) is 0.556. The molecule has 14 heavy (non-hydrogen) atoms. The van der Waals surface area contributed by atoms with Gasteiger partial charge in [0.15, 0.2) is 0 Å². The number of carbonyl (C=O) groups excluding carboxylic acids is 2. The lowest BCUT2D eigenvalue weighted by Crippen LogP contribution is -2.54. The van der Waals surface area contributed by atoms with Crippen LogP contribution < -0.4 is 11.1 Å². The molecular formula is C6H9F3N2O3. The zero-order valence-corrected chi connectivity index (χ0v) is 7.13. The molecular weight excluding hydrogens is 205 g/mol. The SMILES string of the molecule is CC(O)C(NC(=O)C(F)(F)F)C(N)=O. The van der Waals surface area contributed by atoms with E-state index in [1.165, 1.54) is 5.32 Å². The summed E-state index contributed by atoms with van der Waals surface area (Å²) in [5, 5.41) is 10.1. The average Bonchev–Trinajstić information content (AvgIpc) is 1.96. The Morgan fingerprint density at radius 1 is 1.43 bits per heavy atom. The summed E-state index contributed by atoms with van der Waals surface area (Å²) in [4.78, 5) is 20.8. The van der Waals surface area contributed by atoms with E-state index in [4.69, 9.17) is 5.11 Å². The van der Waals surface area contributed by atoms with E-state index in [0.717, 1.165) is 6.92 Å². The highest BCUT2D eigenvalue weighted by Crippen LogP contribution is 2.14. The standard InChI is InChI=1S/C6H9F3N2O3/c1-2(12)3(4(10)13)11-5(14)6(7,8)9/h2-3,12H,1H3,(H2,10,13)(H,11,14). The summed E-state index contributed by atoms with van der Waals surface area (Å²) in [5.41, 5.74) is 4.65. The van der Waals surface area contributed by atoms with Gasteiger partial charge in [-0.1, -0.05) is 0 Å². The van der Waals surface area contributed by atoms with Crippen LogP contribution in [0.15, 0.2) is 0 Å². The normalized spacial score (nSPS) is 15.8. The van der Waals surface area contributed by atoms with Crippen molar-refractivity contribution in [1.82, 2.24) is 5.32 Å². The maximum Gasteiger partial charge on any atom is 0.471 e. The Kier molecular flexibility index (Phi) is 3.87. The molecule has 2 atom stereocenters.